The predicted molar refractivity (Wildman–Crippen MR) is 78.4 cm³/mol. The minimum absolute atomic E-state index is 0.00606. The van der Waals surface area contributed by atoms with E-state index in [4.69, 9.17) is 0 Å². The molecule has 2 heterocycles. The summed E-state index contributed by atoms with van der Waals surface area (Å²) in [6.45, 7) is 1.91. The van der Waals surface area contributed by atoms with Crippen LogP contribution in [-0.4, -0.2) is 60.9 Å². The number of amides is 2. The van der Waals surface area contributed by atoms with Gasteiger partial charge in [0, 0.05) is 39.0 Å². The Balaban J connectivity index is 1.75. The Hall–Kier alpha value is -1.89. The normalized spacial score (nSPS) is 14.9. The first-order valence-electron chi connectivity index (χ1n) is 6.79. The van der Waals surface area contributed by atoms with Gasteiger partial charge in [0.25, 0.3) is 0 Å². The molecule has 0 radical (unpaired) electrons. The summed E-state index contributed by atoms with van der Waals surface area (Å²) in [4.78, 5) is 39.2. The van der Waals surface area contributed by atoms with Crippen LogP contribution in [-0.2, 0) is 9.53 Å². The van der Waals surface area contributed by atoms with Crippen molar-refractivity contribution in [1.82, 2.24) is 9.80 Å². The zero-order chi connectivity index (χ0) is 15.2. The summed E-state index contributed by atoms with van der Waals surface area (Å²) in [5.74, 6) is -0.0315. The highest BCUT2D eigenvalue weighted by molar-refractivity contribution is 7.12. The summed E-state index contributed by atoms with van der Waals surface area (Å²) in [7, 11) is 1.34. The quantitative estimate of drug-likeness (QED) is 0.793. The number of piperazine rings is 1. The minimum Gasteiger partial charge on any atom is -0.453 e. The zero-order valence-electron chi connectivity index (χ0n) is 11.9. The SMILES string of the molecule is COC(=O)N1CCN(C(=O)CCC(=O)c2cccs2)CC1. The van der Waals surface area contributed by atoms with E-state index < -0.39 is 0 Å². The van der Waals surface area contributed by atoms with Gasteiger partial charge >= 0.3 is 6.09 Å². The van der Waals surface area contributed by atoms with Crippen LogP contribution < -0.4 is 0 Å². The molecule has 0 aliphatic carbocycles. The van der Waals surface area contributed by atoms with E-state index in [0.717, 1.165) is 0 Å². The van der Waals surface area contributed by atoms with Crippen LogP contribution in [0.2, 0.25) is 0 Å². The van der Waals surface area contributed by atoms with Crippen molar-refractivity contribution in [3.63, 3.8) is 0 Å². The molecule has 2 amide bonds. The standard InChI is InChI=1S/C14H18N2O4S/c1-20-14(19)16-8-6-15(7-9-16)13(18)5-4-11(17)12-3-2-10-21-12/h2-3,10H,4-9H2,1H3. The largest absolute Gasteiger partial charge is 0.453 e. The number of nitrogens with zero attached hydrogens (tertiary/aromatic N) is 2. The lowest BCUT2D eigenvalue weighted by Gasteiger charge is -2.33. The number of thiophene rings is 1. The van der Waals surface area contributed by atoms with Gasteiger partial charge in [0.05, 0.1) is 12.0 Å². The minimum atomic E-state index is -0.366. The summed E-state index contributed by atoms with van der Waals surface area (Å²) in [6.07, 6.45) is 0.0842. The molecule has 1 saturated heterocycles. The molecular weight excluding hydrogens is 292 g/mol. The molecule has 1 aromatic heterocycles. The fourth-order valence-corrected chi connectivity index (χ4v) is 2.90. The van der Waals surface area contributed by atoms with Crippen molar-refractivity contribution in [3.8, 4) is 0 Å². The molecule has 21 heavy (non-hydrogen) atoms. The van der Waals surface area contributed by atoms with E-state index in [0.29, 0.717) is 31.1 Å². The molecule has 0 saturated carbocycles. The van der Waals surface area contributed by atoms with E-state index in [1.54, 1.807) is 15.9 Å². The van der Waals surface area contributed by atoms with E-state index in [9.17, 15) is 14.4 Å². The number of carbonyl (C=O) groups is 3. The number of hydrogen-bond acceptors (Lipinski definition) is 5. The third-order valence-electron chi connectivity index (χ3n) is 3.43. The highest BCUT2D eigenvalue weighted by Crippen LogP contribution is 2.13. The number of methoxy groups -OCH3 is 1. The Morgan fingerprint density at radius 3 is 2.38 bits per heavy atom. The summed E-state index contributed by atoms with van der Waals surface area (Å²) in [5.41, 5.74) is 0. The van der Waals surface area contributed by atoms with Crippen LogP contribution in [0.5, 0.6) is 0 Å². The number of carbonyl (C=O) groups excluding carboxylic acids is 3. The van der Waals surface area contributed by atoms with Gasteiger partial charge in [0.2, 0.25) is 5.91 Å². The second-order valence-electron chi connectivity index (χ2n) is 4.74. The van der Waals surface area contributed by atoms with Crippen LogP contribution in [0, 0.1) is 0 Å². The maximum atomic E-state index is 12.1. The van der Waals surface area contributed by atoms with E-state index in [-0.39, 0.29) is 30.6 Å². The van der Waals surface area contributed by atoms with Crippen molar-refractivity contribution in [1.29, 1.82) is 0 Å². The molecule has 1 aromatic rings. The Morgan fingerprint density at radius 2 is 1.81 bits per heavy atom. The molecule has 0 N–H and O–H groups in total. The second kappa shape index (κ2) is 7.21. The summed E-state index contributed by atoms with van der Waals surface area (Å²) in [6, 6.07) is 3.60. The Morgan fingerprint density at radius 1 is 1.14 bits per heavy atom. The Kier molecular flexibility index (Phi) is 5.32. The predicted octanol–water partition coefficient (Wildman–Crippen LogP) is 1.62. The molecule has 7 heteroatoms. The van der Waals surface area contributed by atoms with Crippen molar-refractivity contribution in [2.45, 2.75) is 12.8 Å². The first kappa shape index (κ1) is 15.5. The molecule has 0 atom stereocenters. The van der Waals surface area contributed by atoms with Crippen LogP contribution in [0.1, 0.15) is 22.5 Å². The summed E-state index contributed by atoms with van der Waals surface area (Å²) >= 11 is 1.39. The number of rotatable bonds is 4. The molecule has 0 aromatic carbocycles. The topological polar surface area (TPSA) is 66.9 Å². The fourth-order valence-electron chi connectivity index (χ4n) is 2.21. The highest BCUT2D eigenvalue weighted by Gasteiger charge is 2.24. The first-order valence-corrected chi connectivity index (χ1v) is 7.67. The highest BCUT2D eigenvalue weighted by atomic mass is 32.1. The molecule has 1 fully saturated rings. The van der Waals surface area contributed by atoms with Gasteiger partial charge in [-0.15, -0.1) is 11.3 Å². The molecule has 1 aliphatic rings. The Labute approximate surface area is 127 Å². The van der Waals surface area contributed by atoms with E-state index in [1.807, 2.05) is 11.4 Å². The van der Waals surface area contributed by atoms with Crippen molar-refractivity contribution in [3.05, 3.63) is 22.4 Å². The number of ketones is 1. The van der Waals surface area contributed by atoms with Gasteiger partial charge in [-0.1, -0.05) is 6.07 Å². The number of Topliss-reactive ketones (excluding diaryl/α,β-unsaturated/α-hetero) is 1. The van der Waals surface area contributed by atoms with Crippen LogP contribution in [0.3, 0.4) is 0 Å². The van der Waals surface area contributed by atoms with Crippen LogP contribution in [0.15, 0.2) is 17.5 Å². The number of ether oxygens (including phenoxy) is 1. The fraction of sp³-hybridized carbons (Fsp3) is 0.500. The summed E-state index contributed by atoms with van der Waals surface area (Å²) < 4.78 is 4.65. The lowest BCUT2D eigenvalue weighted by atomic mass is 10.1. The van der Waals surface area contributed by atoms with Gasteiger partial charge < -0.3 is 14.5 Å². The van der Waals surface area contributed by atoms with Gasteiger partial charge in [0.15, 0.2) is 5.78 Å². The molecule has 6 nitrogen and oxygen atoms in total. The second-order valence-corrected chi connectivity index (χ2v) is 5.69. The van der Waals surface area contributed by atoms with Crippen molar-refractivity contribution >= 4 is 29.1 Å². The molecule has 2 rings (SSSR count). The maximum absolute atomic E-state index is 12.1. The zero-order valence-corrected chi connectivity index (χ0v) is 12.7. The van der Waals surface area contributed by atoms with Crippen molar-refractivity contribution in [2.24, 2.45) is 0 Å². The molecule has 0 unspecified atom stereocenters. The average molecular weight is 310 g/mol. The van der Waals surface area contributed by atoms with Crippen molar-refractivity contribution in [2.75, 3.05) is 33.3 Å². The van der Waals surface area contributed by atoms with E-state index >= 15 is 0 Å². The van der Waals surface area contributed by atoms with E-state index in [2.05, 4.69) is 4.74 Å². The van der Waals surface area contributed by atoms with Gasteiger partial charge in [-0.25, -0.2) is 4.79 Å². The Bertz CT molecular complexity index is 507. The maximum Gasteiger partial charge on any atom is 0.409 e. The van der Waals surface area contributed by atoms with Crippen LogP contribution >= 0.6 is 11.3 Å². The monoisotopic (exact) mass is 310 g/mol. The first-order chi connectivity index (χ1) is 10.1. The third-order valence-corrected chi connectivity index (χ3v) is 4.34. The van der Waals surface area contributed by atoms with Gasteiger partial charge in [-0.05, 0) is 11.4 Å². The number of hydrogen-bond donors (Lipinski definition) is 0. The molecule has 0 bridgehead atoms. The van der Waals surface area contributed by atoms with Crippen LogP contribution in [0.4, 0.5) is 4.79 Å². The van der Waals surface area contributed by atoms with Crippen molar-refractivity contribution < 1.29 is 19.1 Å². The smallest absolute Gasteiger partial charge is 0.409 e. The molecular formula is C14H18N2O4S. The third kappa shape index (κ3) is 4.04. The van der Waals surface area contributed by atoms with Crippen LogP contribution in [0.25, 0.3) is 0 Å². The summed E-state index contributed by atoms with van der Waals surface area (Å²) in [5, 5.41) is 1.85. The van der Waals surface area contributed by atoms with E-state index in [1.165, 1.54) is 18.4 Å². The lowest BCUT2D eigenvalue weighted by molar-refractivity contribution is -0.132. The van der Waals surface area contributed by atoms with Gasteiger partial charge in [-0.3, -0.25) is 9.59 Å². The average Bonchev–Trinajstić information content (AvgIpc) is 3.06. The molecule has 0 spiro atoms. The van der Waals surface area contributed by atoms with Gasteiger partial charge in [0.1, 0.15) is 0 Å². The molecule has 1 aliphatic heterocycles. The molecule has 114 valence electrons. The lowest BCUT2D eigenvalue weighted by Crippen LogP contribution is -2.50. The van der Waals surface area contributed by atoms with Gasteiger partial charge in [-0.2, -0.15) is 0 Å².